The fraction of sp³-hybridized carbons (Fsp3) is 0.292. The number of nitrogens with one attached hydrogen (secondary N) is 1. The van der Waals surface area contributed by atoms with Gasteiger partial charge in [-0.3, -0.25) is 14.5 Å². The number of carbonyl (C=O) groups excluding carboxylic acids is 2. The summed E-state index contributed by atoms with van der Waals surface area (Å²) in [5.41, 5.74) is 5.84. The number of thioether (sulfide) groups is 1. The minimum atomic E-state index is -0.501. The van der Waals surface area contributed by atoms with Crippen LogP contribution in [-0.4, -0.2) is 33.7 Å². The molecule has 0 saturated carbocycles. The average molecular weight is 422 g/mol. The largest absolute Gasteiger partial charge is 0.326 e. The predicted octanol–water partition coefficient (Wildman–Crippen LogP) is 5.07. The maximum absolute atomic E-state index is 12.9. The van der Waals surface area contributed by atoms with Crippen molar-refractivity contribution in [3.8, 4) is 0 Å². The second-order valence-corrected chi connectivity index (χ2v) is 8.77. The quantitative estimate of drug-likeness (QED) is 0.663. The molecule has 1 saturated heterocycles. The summed E-state index contributed by atoms with van der Waals surface area (Å²) < 4.78 is 0. The molecule has 5 nitrogen and oxygen atoms in total. The molecule has 1 atom stereocenters. The predicted molar refractivity (Wildman–Crippen MR) is 125 cm³/mol. The number of carbonyl (C=O) groups is 2. The Kier molecular flexibility index (Phi) is 6.77. The van der Waals surface area contributed by atoms with Gasteiger partial charge in [-0.15, -0.1) is 6.58 Å². The van der Waals surface area contributed by atoms with Crippen molar-refractivity contribution in [2.24, 2.45) is 4.99 Å². The van der Waals surface area contributed by atoms with Gasteiger partial charge in [0, 0.05) is 18.7 Å². The van der Waals surface area contributed by atoms with Gasteiger partial charge in [0.25, 0.3) is 0 Å². The van der Waals surface area contributed by atoms with E-state index in [1.165, 1.54) is 11.8 Å². The minimum absolute atomic E-state index is 0.0940. The molecule has 1 aliphatic heterocycles. The van der Waals surface area contributed by atoms with Gasteiger partial charge in [-0.2, -0.15) is 0 Å². The molecule has 0 bridgehead atoms. The lowest BCUT2D eigenvalue weighted by molar-refractivity contribution is -0.127. The average Bonchev–Trinajstić information content (AvgIpc) is 2.93. The van der Waals surface area contributed by atoms with Gasteiger partial charge in [-0.05, 0) is 62.1 Å². The first-order valence-electron chi connectivity index (χ1n) is 9.90. The van der Waals surface area contributed by atoms with Gasteiger partial charge in [0.05, 0.1) is 5.69 Å². The molecule has 3 rings (SSSR count). The molecule has 0 spiro atoms. The number of amidine groups is 1. The van der Waals surface area contributed by atoms with Crippen molar-refractivity contribution in [3.05, 3.63) is 71.3 Å². The van der Waals surface area contributed by atoms with Crippen LogP contribution >= 0.6 is 11.8 Å². The molecule has 0 radical (unpaired) electrons. The molecule has 6 heteroatoms. The molecule has 156 valence electrons. The first-order valence-corrected chi connectivity index (χ1v) is 10.8. The molecule has 2 amide bonds. The number of benzene rings is 2. The van der Waals surface area contributed by atoms with Gasteiger partial charge in [0.15, 0.2) is 5.17 Å². The minimum Gasteiger partial charge on any atom is -0.326 e. The Bertz CT molecular complexity index is 989. The fourth-order valence-corrected chi connectivity index (χ4v) is 4.69. The molecule has 1 N–H and O–H groups in total. The molecule has 0 aromatic heterocycles. The van der Waals surface area contributed by atoms with E-state index in [1.54, 1.807) is 11.0 Å². The van der Waals surface area contributed by atoms with E-state index >= 15 is 0 Å². The Morgan fingerprint density at radius 3 is 2.40 bits per heavy atom. The molecule has 2 aromatic carbocycles. The van der Waals surface area contributed by atoms with E-state index in [0.29, 0.717) is 11.7 Å². The highest BCUT2D eigenvalue weighted by atomic mass is 32.2. The number of aliphatic imine (C=N–C) groups is 1. The van der Waals surface area contributed by atoms with Crippen LogP contribution in [0.4, 0.5) is 11.4 Å². The van der Waals surface area contributed by atoms with Crippen molar-refractivity contribution in [1.82, 2.24) is 4.90 Å². The van der Waals surface area contributed by atoms with E-state index in [-0.39, 0.29) is 18.2 Å². The second kappa shape index (κ2) is 9.30. The number of hydrogen-bond acceptors (Lipinski definition) is 4. The Balaban J connectivity index is 1.79. The third-order valence-corrected chi connectivity index (χ3v) is 6.05. The molecular weight excluding hydrogens is 394 g/mol. The lowest BCUT2D eigenvalue weighted by Gasteiger charge is -2.14. The van der Waals surface area contributed by atoms with Gasteiger partial charge in [0.2, 0.25) is 11.8 Å². The summed E-state index contributed by atoms with van der Waals surface area (Å²) in [6.07, 6.45) is 1.77. The Hall–Kier alpha value is -2.86. The zero-order chi connectivity index (χ0) is 21.8. The van der Waals surface area contributed by atoms with Crippen LogP contribution in [0.3, 0.4) is 0 Å². The number of amides is 2. The van der Waals surface area contributed by atoms with Crippen molar-refractivity contribution >= 4 is 40.1 Å². The number of nitrogens with zero attached hydrogens (tertiary/aromatic N) is 2. The molecule has 1 heterocycles. The lowest BCUT2D eigenvalue weighted by Crippen LogP contribution is -2.33. The fourth-order valence-electron chi connectivity index (χ4n) is 3.52. The summed E-state index contributed by atoms with van der Waals surface area (Å²) in [7, 11) is 0. The molecule has 2 aromatic rings. The molecule has 0 aliphatic carbocycles. The van der Waals surface area contributed by atoms with Gasteiger partial charge in [-0.1, -0.05) is 42.1 Å². The first-order chi connectivity index (χ1) is 14.3. The van der Waals surface area contributed by atoms with Gasteiger partial charge < -0.3 is 5.32 Å². The molecule has 0 unspecified atom stereocenters. The standard InChI is InChI=1S/C24H27N3O2S/c1-6-10-27-23(29)20(14-21(28)26-22-17(4)8-7-9-18(22)5)30-24(27)25-19-12-15(2)11-16(3)13-19/h6-9,11-13,20H,1,10,14H2,2-5H3,(H,26,28)/t20-/m0/s1. The molecular formula is C24H27N3O2S. The van der Waals surface area contributed by atoms with Crippen molar-refractivity contribution < 1.29 is 9.59 Å². The van der Waals surface area contributed by atoms with Crippen LogP contribution in [0.25, 0.3) is 0 Å². The van der Waals surface area contributed by atoms with Crippen molar-refractivity contribution in [2.75, 3.05) is 11.9 Å². The Morgan fingerprint density at radius 2 is 1.80 bits per heavy atom. The highest BCUT2D eigenvalue weighted by Gasteiger charge is 2.38. The van der Waals surface area contributed by atoms with E-state index in [9.17, 15) is 9.59 Å². The van der Waals surface area contributed by atoms with Crippen molar-refractivity contribution in [2.45, 2.75) is 39.4 Å². The van der Waals surface area contributed by atoms with E-state index in [0.717, 1.165) is 33.6 Å². The van der Waals surface area contributed by atoms with Gasteiger partial charge >= 0.3 is 0 Å². The van der Waals surface area contributed by atoms with Crippen LogP contribution in [0.1, 0.15) is 28.7 Å². The van der Waals surface area contributed by atoms with E-state index in [1.807, 2.05) is 58.0 Å². The number of para-hydroxylation sites is 1. The molecule has 30 heavy (non-hydrogen) atoms. The summed E-state index contributed by atoms with van der Waals surface area (Å²) >= 11 is 1.34. The zero-order valence-corrected chi connectivity index (χ0v) is 18.7. The van der Waals surface area contributed by atoms with Crippen LogP contribution < -0.4 is 5.32 Å². The van der Waals surface area contributed by atoms with Crippen LogP contribution in [0.2, 0.25) is 0 Å². The van der Waals surface area contributed by atoms with Crippen molar-refractivity contribution in [3.63, 3.8) is 0 Å². The normalized spacial score (nSPS) is 17.5. The second-order valence-electron chi connectivity index (χ2n) is 7.60. The molecule has 1 fully saturated rings. The third kappa shape index (κ3) is 5.00. The summed E-state index contributed by atoms with van der Waals surface area (Å²) in [6, 6.07) is 11.9. The summed E-state index contributed by atoms with van der Waals surface area (Å²) in [4.78, 5) is 31.9. The maximum atomic E-state index is 12.9. The smallest absolute Gasteiger partial charge is 0.242 e. The number of rotatable bonds is 6. The third-order valence-electron chi connectivity index (χ3n) is 4.88. The summed E-state index contributed by atoms with van der Waals surface area (Å²) in [5, 5.41) is 3.07. The highest BCUT2D eigenvalue weighted by Crippen LogP contribution is 2.32. The number of hydrogen-bond donors (Lipinski definition) is 1. The van der Waals surface area contributed by atoms with Crippen LogP contribution in [-0.2, 0) is 9.59 Å². The SMILES string of the molecule is C=CCN1C(=O)[C@H](CC(=O)Nc2c(C)cccc2C)SC1=Nc1cc(C)cc(C)c1. The Labute approximate surface area is 182 Å². The first kappa shape index (κ1) is 21.8. The molecule has 1 aliphatic rings. The lowest BCUT2D eigenvalue weighted by atomic mass is 10.1. The number of anilines is 1. The van der Waals surface area contributed by atoms with Crippen LogP contribution in [0.5, 0.6) is 0 Å². The van der Waals surface area contributed by atoms with Crippen molar-refractivity contribution in [1.29, 1.82) is 0 Å². The zero-order valence-electron chi connectivity index (χ0n) is 17.9. The monoisotopic (exact) mass is 421 g/mol. The van der Waals surface area contributed by atoms with E-state index in [4.69, 9.17) is 4.99 Å². The number of aryl methyl sites for hydroxylation is 4. The van der Waals surface area contributed by atoms with Gasteiger partial charge in [0.1, 0.15) is 5.25 Å². The van der Waals surface area contributed by atoms with Crippen LogP contribution in [0.15, 0.2) is 54.0 Å². The van der Waals surface area contributed by atoms with E-state index < -0.39 is 5.25 Å². The Morgan fingerprint density at radius 1 is 1.17 bits per heavy atom. The van der Waals surface area contributed by atoms with Crippen LogP contribution in [0, 0.1) is 27.7 Å². The van der Waals surface area contributed by atoms with E-state index in [2.05, 4.69) is 18.0 Å². The maximum Gasteiger partial charge on any atom is 0.242 e. The topological polar surface area (TPSA) is 61.8 Å². The summed E-state index contributed by atoms with van der Waals surface area (Å²) in [6.45, 7) is 12.1. The van der Waals surface area contributed by atoms with Gasteiger partial charge in [-0.25, -0.2) is 4.99 Å². The summed E-state index contributed by atoms with van der Waals surface area (Å²) in [5.74, 6) is -0.288. The highest BCUT2D eigenvalue weighted by molar-refractivity contribution is 8.15.